The topological polar surface area (TPSA) is 59.8 Å². The SMILES string of the molecule is COc1cccc([C@@H]2[C@H](N3CCOCC3)CCN2C(=O)Cn2nc3c(c2C)CCC[C@@H]3C)c1C. The predicted octanol–water partition coefficient (Wildman–Crippen LogP) is 3.62. The Hall–Kier alpha value is -2.38. The van der Waals surface area contributed by atoms with Crippen LogP contribution in [-0.4, -0.2) is 71.5 Å². The first-order valence-electron chi connectivity index (χ1n) is 12.8. The summed E-state index contributed by atoms with van der Waals surface area (Å²) in [4.78, 5) is 18.4. The molecule has 2 saturated heterocycles. The van der Waals surface area contributed by atoms with Gasteiger partial charge in [-0.1, -0.05) is 19.1 Å². The molecule has 2 fully saturated rings. The van der Waals surface area contributed by atoms with Crippen molar-refractivity contribution in [2.45, 2.75) is 71.0 Å². The zero-order valence-corrected chi connectivity index (χ0v) is 21.0. The zero-order valence-electron chi connectivity index (χ0n) is 21.0. The van der Waals surface area contributed by atoms with Crippen LogP contribution in [-0.2, 0) is 22.5 Å². The Morgan fingerprint density at radius 2 is 1.97 bits per heavy atom. The van der Waals surface area contributed by atoms with Crippen molar-refractivity contribution in [2.75, 3.05) is 40.0 Å². The molecule has 0 saturated carbocycles. The molecule has 1 amide bonds. The standard InChI is InChI=1S/C27H38N4O3/c1-18-7-5-9-22-20(3)31(28-26(18)22)17-25(32)30-12-11-23(29-13-15-34-16-14-29)27(30)21-8-6-10-24(33-4)19(21)2/h6,8,10,18,23,27H,5,7,9,11-17H2,1-4H3/t18-,23+,27+/m0/s1. The maximum absolute atomic E-state index is 13.8. The second-order valence-electron chi connectivity index (χ2n) is 10.1. The number of aromatic nitrogens is 2. The van der Waals surface area contributed by atoms with Crippen molar-refractivity contribution in [1.29, 1.82) is 0 Å². The summed E-state index contributed by atoms with van der Waals surface area (Å²) in [6.07, 6.45) is 4.44. The molecule has 5 rings (SSSR count). The Labute approximate surface area is 203 Å². The lowest BCUT2D eigenvalue weighted by Crippen LogP contribution is -2.47. The number of ether oxygens (including phenoxy) is 2. The Morgan fingerprint density at radius 1 is 1.18 bits per heavy atom. The average molecular weight is 467 g/mol. The number of hydrogen-bond donors (Lipinski definition) is 0. The first-order chi connectivity index (χ1) is 16.5. The van der Waals surface area contributed by atoms with Crippen LogP contribution < -0.4 is 4.74 Å². The first kappa shape index (κ1) is 23.4. The Kier molecular flexibility index (Phi) is 6.67. The molecule has 184 valence electrons. The summed E-state index contributed by atoms with van der Waals surface area (Å²) in [7, 11) is 1.71. The molecular formula is C27H38N4O3. The van der Waals surface area contributed by atoms with Gasteiger partial charge in [0.15, 0.2) is 0 Å². The number of nitrogens with zero attached hydrogens (tertiary/aromatic N) is 4. The van der Waals surface area contributed by atoms with E-state index in [1.807, 2.05) is 16.8 Å². The average Bonchev–Trinajstić information content (AvgIpc) is 3.43. The van der Waals surface area contributed by atoms with Crippen LogP contribution in [0.4, 0.5) is 0 Å². The number of hydrogen-bond acceptors (Lipinski definition) is 5. The fourth-order valence-electron chi connectivity index (χ4n) is 6.30. The number of amides is 1. The molecular weight excluding hydrogens is 428 g/mol. The van der Waals surface area contributed by atoms with E-state index in [0.29, 0.717) is 12.5 Å². The molecule has 2 aliphatic heterocycles. The summed E-state index contributed by atoms with van der Waals surface area (Å²) in [6, 6.07) is 6.51. The molecule has 3 atom stereocenters. The van der Waals surface area contributed by atoms with E-state index in [9.17, 15) is 4.79 Å². The highest BCUT2D eigenvalue weighted by Crippen LogP contribution is 2.40. The summed E-state index contributed by atoms with van der Waals surface area (Å²) in [5.41, 5.74) is 6.02. The van der Waals surface area contributed by atoms with E-state index >= 15 is 0 Å². The number of carbonyl (C=O) groups excluding carboxylic acids is 1. The monoisotopic (exact) mass is 466 g/mol. The van der Waals surface area contributed by atoms with Crippen molar-refractivity contribution < 1.29 is 14.3 Å². The molecule has 34 heavy (non-hydrogen) atoms. The molecule has 0 spiro atoms. The molecule has 1 aromatic carbocycles. The quantitative estimate of drug-likeness (QED) is 0.674. The van der Waals surface area contributed by atoms with Crippen LogP contribution in [0, 0.1) is 13.8 Å². The smallest absolute Gasteiger partial charge is 0.244 e. The Morgan fingerprint density at radius 3 is 2.71 bits per heavy atom. The molecule has 3 heterocycles. The van der Waals surface area contributed by atoms with Crippen molar-refractivity contribution in [3.63, 3.8) is 0 Å². The van der Waals surface area contributed by atoms with Crippen LogP contribution in [0.15, 0.2) is 18.2 Å². The molecule has 2 aromatic rings. The summed E-state index contributed by atoms with van der Waals surface area (Å²) in [5.74, 6) is 1.50. The van der Waals surface area contributed by atoms with Crippen LogP contribution >= 0.6 is 0 Å². The third-order valence-corrected chi connectivity index (χ3v) is 8.24. The van der Waals surface area contributed by atoms with Crippen molar-refractivity contribution >= 4 is 5.91 Å². The van der Waals surface area contributed by atoms with Gasteiger partial charge in [0.1, 0.15) is 12.3 Å². The number of benzene rings is 1. The highest BCUT2D eigenvalue weighted by Gasteiger charge is 2.42. The van der Waals surface area contributed by atoms with Gasteiger partial charge in [-0.2, -0.15) is 5.10 Å². The molecule has 0 radical (unpaired) electrons. The molecule has 7 heteroatoms. The first-order valence-corrected chi connectivity index (χ1v) is 12.8. The van der Waals surface area contributed by atoms with Gasteiger partial charge in [-0.05, 0) is 62.3 Å². The van der Waals surface area contributed by atoms with Gasteiger partial charge in [-0.15, -0.1) is 0 Å². The number of fused-ring (bicyclic) bond motifs is 1. The van der Waals surface area contributed by atoms with Crippen LogP contribution in [0.1, 0.15) is 66.2 Å². The molecule has 0 bridgehead atoms. The Balaban J connectivity index is 1.45. The van der Waals surface area contributed by atoms with Crippen LogP contribution in [0.25, 0.3) is 0 Å². The van der Waals surface area contributed by atoms with Gasteiger partial charge in [-0.3, -0.25) is 14.4 Å². The van der Waals surface area contributed by atoms with Crippen LogP contribution in [0.2, 0.25) is 0 Å². The molecule has 0 N–H and O–H groups in total. The van der Waals surface area contributed by atoms with Crippen LogP contribution in [0.5, 0.6) is 5.75 Å². The van der Waals surface area contributed by atoms with Gasteiger partial charge in [0, 0.05) is 37.3 Å². The maximum Gasteiger partial charge on any atom is 0.244 e. The number of methoxy groups -OCH3 is 1. The van der Waals surface area contributed by atoms with Gasteiger partial charge in [0.05, 0.1) is 32.1 Å². The lowest BCUT2D eigenvalue weighted by atomic mass is 9.88. The van der Waals surface area contributed by atoms with E-state index in [0.717, 1.165) is 62.7 Å². The number of likely N-dealkylation sites (tertiary alicyclic amines) is 1. The molecule has 7 nitrogen and oxygen atoms in total. The fraction of sp³-hybridized carbons (Fsp3) is 0.630. The van der Waals surface area contributed by atoms with Gasteiger partial charge in [0.25, 0.3) is 0 Å². The lowest BCUT2D eigenvalue weighted by Gasteiger charge is -2.38. The zero-order chi connectivity index (χ0) is 23.8. The molecule has 3 aliphatic rings. The van der Waals surface area contributed by atoms with Gasteiger partial charge < -0.3 is 14.4 Å². The molecule has 1 aromatic heterocycles. The Bertz CT molecular complexity index is 1040. The third kappa shape index (κ3) is 4.13. The van der Waals surface area contributed by atoms with Crippen LogP contribution in [0.3, 0.4) is 0 Å². The normalized spacial score (nSPS) is 25.4. The fourth-order valence-corrected chi connectivity index (χ4v) is 6.30. The summed E-state index contributed by atoms with van der Waals surface area (Å²) in [6.45, 7) is 10.9. The van der Waals surface area contributed by atoms with Crippen molar-refractivity contribution in [3.05, 3.63) is 46.3 Å². The number of morpholine rings is 1. The number of carbonyl (C=O) groups is 1. The van der Waals surface area contributed by atoms with E-state index in [4.69, 9.17) is 14.6 Å². The van der Waals surface area contributed by atoms with Gasteiger partial charge in [-0.25, -0.2) is 0 Å². The van der Waals surface area contributed by atoms with E-state index in [-0.39, 0.29) is 18.0 Å². The maximum atomic E-state index is 13.8. The molecule has 0 unspecified atom stereocenters. The molecule has 1 aliphatic carbocycles. The van der Waals surface area contributed by atoms with Crippen molar-refractivity contribution in [3.8, 4) is 5.75 Å². The van der Waals surface area contributed by atoms with E-state index in [1.54, 1.807) is 7.11 Å². The van der Waals surface area contributed by atoms with Crippen molar-refractivity contribution in [2.24, 2.45) is 0 Å². The van der Waals surface area contributed by atoms with Gasteiger partial charge in [0.2, 0.25) is 5.91 Å². The van der Waals surface area contributed by atoms with Crippen molar-refractivity contribution in [1.82, 2.24) is 19.6 Å². The summed E-state index contributed by atoms with van der Waals surface area (Å²) in [5, 5.41) is 4.92. The highest BCUT2D eigenvalue weighted by atomic mass is 16.5. The second kappa shape index (κ2) is 9.70. The second-order valence-corrected chi connectivity index (χ2v) is 10.1. The predicted molar refractivity (Wildman–Crippen MR) is 131 cm³/mol. The lowest BCUT2D eigenvalue weighted by molar-refractivity contribution is -0.133. The summed E-state index contributed by atoms with van der Waals surface area (Å²) < 4.78 is 13.2. The van der Waals surface area contributed by atoms with E-state index in [2.05, 4.69) is 36.6 Å². The number of rotatable bonds is 5. The van der Waals surface area contributed by atoms with Gasteiger partial charge >= 0.3 is 0 Å². The highest BCUT2D eigenvalue weighted by molar-refractivity contribution is 5.77. The minimum absolute atomic E-state index is 0.00474. The minimum Gasteiger partial charge on any atom is -0.496 e. The minimum atomic E-state index is 0.00474. The van der Waals surface area contributed by atoms with E-state index in [1.165, 1.54) is 29.7 Å². The summed E-state index contributed by atoms with van der Waals surface area (Å²) >= 11 is 0. The third-order valence-electron chi connectivity index (χ3n) is 8.24. The van der Waals surface area contributed by atoms with E-state index < -0.39 is 0 Å². The largest absolute Gasteiger partial charge is 0.496 e.